The monoisotopic (exact) mass is 256 g/mol. The average molecular weight is 256 g/mol. The molecule has 0 fully saturated rings. The summed E-state index contributed by atoms with van der Waals surface area (Å²) < 4.78 is 1.87. The van der Waals surface area contributed by atoms with Crippen LogP contribution in [-0.2, 0) is 7.05 Å². The highest BCUT2D eigenvalue weighted by Gasteiger charge is 2.15. The number of Topliss-reactive ketones (excluding diaryl/α,β-unsaturated/α-hetero) is 1. The highest BCUT2D eigenvalue weighted by Crippen LogP contribution is 2.19. The first-order chi connectivity index (χ1) is 9.13. The third kappa shape index (κ3) is 2.87. The summed E-state index contributed by atoms with van der Waals surface area (Å²) in [6.45, 7) is 5.38. The Kier molecular flexibility index (Phi) is 4.05. The minimum Gasteiger partial charge on any atom is -0.364 e. The number of rotatable bonds is 5. The summed E-state index contributed by atoms with van der Waals surface area (Å²) in [5.74, 6) is 0.151. The van der Waals surface area contributed by atoms with Crippen molar-refractivity contribution >= 4 is 11.5 Å². The normalized spacial score (nSPS) is 10.5. The van der Waals surface area contributed by atoms with Gasteiger partial charge in [0.1, 0.15) is 0 Å². The molecule has 0 radical (unpaired) electrons. The standard InChI is InChI=1S/C16H20N2O/c1-4-18(14-9-6-5-8-13(14)2)12-16(19)15-10-7-11-17(15)3/h5-11H,4,12H2,1-3H3. The third-order valence-electron chi connectivity index (χ3n) is 3.40. The van der Waals surface area contributed by atoms with Crippen LogP contribution < -0.4 is 4.90 Å². The molecule has 19 heavy (non-hydrogen) atoms. The number of benzene rings is 1. The molecule has 0 bridgehead atoms. The van der Waals surface area contributed by atoms with Crippen molar-refractivity contribution in [2.45, 2.75) is 13.8 Å². The van der Waals surface area contributed by atoms with Gasteiger partial charge in [0.15, 0.2) is 5.78 Å². The van der Waals surface area contributed by atoms with E-state index in [1.165, 1.54) is 5.56 Å². The van der Waals surface area contributed by atoms with E-state index in [2.05, 4.69) is 30.9 Å². The van der Waals surface area contributed by atoms with Crippen LogP contribution in [0.15, 0.2) is 42.6 Å². The molecule has 0 aliphatic rings. The number of carbonyl (C=O) groups is 1. The quantitative estimate of drug-likeness (QED) is 0.768. The Bertz CT molecular complexity index is 572. The number of aryl methyl sites for hydroxylation is 2. The fourth-order valence-corrected chi connectivity index (χ4v) is 2.29. The van der Waals surface area contributed by atoms with Crippen LogP contribution in [0.5, 0.6) is 0 Å². The molecule has 0 aliphatic heterocycles. The average Bonchev–Trinajstić information content (AvgIpc) is 2.83. The molecule has 1 aromatic carbocycles. The molecule has 2 aromatic rings. The van der Waals surface area contributed by atoms with Gasteiger partial charge in [0.2, 0.25) is 0 Å². The lowest BCUT2D eigenvalue weighted by Crippen LogP contribution is -2.31. The van der Waals surface area contributed by atoms with Crippen LogP contribution in [0.3, 0.4) is 0 Å². The Morgan fingerprint density at radius 3 is 2.53 bits per heavy atom. The van der Waals surface area contributed by atoms with Crippen molar-refractivity contribution in [3.63, 3.8) is 0 Å². The van der Waals surface area contributed by atoms with Gasteiger partial charge in [0.05, 0.1) is 12.2 Å². The zero-order valence-electron chi connectivity index (χ0n) is 11.8. The molecule has 3 heteroatoms. The van der Waals surface area contributed by atoms with Gasteiger partial charge in [-0.1, -0.05) is 18.2 Å². The van der Waals surface area contributed by atoms with Crippen molar-refractivity contribution in [2.24, 2.45) is 7.05 Å². The molecule has 0 saturated heterocycles. The van der Waals surface area contributed by atoms with Crippen LogP contribution in [0.25, 0.3) is 0 Å². The molecule has 0 N–H and O–H groups in total. The van der Waals surface area contributed by atoms with Crippen molar-refractivity contribution < 1.29 is 4.79 Å². The van der Waals surface area contributed by atoms with Crippen molar-refractivity contribution in [1.29, 1.82) is 0 Å². The Labute approximate surface area is 114 Å². The van der Waals surface area contributed by atoms with E-state index in [9.17, 15) is 4.79 Å². The molecule has 0 spiro atoms. The SMILES string of the molecule is CCN(CC(=O)c1cccn1C)c1ccccc1C. The third-order valence-corrected chi connectivity index (χ3v) is 3.40. The van der Waals surface area contributed by atoms with Crippen LogP contribution in [0.1, 0.15) is 23.0 Å². The smallest absolute Gasteiger partial charge is 0.198 e. The number of nitrogens with zero attached hydrogens (tertiary/aromatic N) is 2. The fourth-order valence-electron chi connectivity index (χ4n) is 2.29. The number of aromatic nitrogens is 1. The summed E-state index contributed by atoms with van der Waals surface area (Å²) >= 11 is 0. The first-order valence-corrected chi connectivity index (χ1v) is 6.58. The second-order valence-corrected chi connectivity index (χ2v) is 4.73. The lowest BCUT2D eigenvalue weighted by molar-refractivity contribution is 0.0991. The van der Waals surface area contributed by atoms with Gasteiger partial charge in [-0.15, -0.1) is 0 Å². The molecule has 2 rings (SSSR count). The van der Waals surface area contributed by atoms with E-state index in [0.717, 1.165) is 17.9 Å². The molecule has 0 atom stereocenters. The van der Waals surface area contributed by atoms with Crippen LogP contribution >= 0.6 is 0 Å². The molecule has 100 valence electrons. The minimum atomic E-state index is 0.151. The van der Waals surface area contributed by atoms with E-state index in [0.29, 0.717) is 6.54 Å². The van der Waals surface area contributed by atoms with Gasteiger partial charge in [-0.3, -0.25) is 4.79 Å². The van der Waals surface area contributed by atoms with E-state index < -0.39 is 0 Å². The zero-order chi connectivity index (χ0) is 13.8. The highest BCUT2D eigenvalue weighted by atomic mass is 16.1. The summed E-state index contributed by atoms with van der Waals surface area (Å²) in [7, 11) is 1.90. The summed E-state index contributed by atoms with van der Waals surface area (Å²) in [6.07, 6.45) is 1.90. The second-order valence-electron chi connectivity index (χ2n) is 4.73. The largest absolute Gasteiger partial charge is 0.364 e. The first-order valence-electron chi connectivity index (χ1n) is 6.58. The Morgan fingerprint density at radius 1 is 1.21 bits per heavy atom. The summed E-state index contributed by atoms with van der Waals surface area (Å²) in [5.41, 5.74) is 3.09. The minimum absolute atomic E-state index is 0.151. The molecule has 3 nitrogen and oxygen atoms in total. The molecule has 0 saturated carbocycles. The maximum Gasteiger partial charge on any atom is 0.198 e. The van der Waals surface area contributed by atoms with E-state index in [4.69, 9.17) is 0 Å². The van der Waals surface area contributed by atoms with Crippen LogP contribution in [0, 0.1) is 6.92 Å². The van der Waals surface area contributed by atoms with Crippen molar-refractivity contribution in [1.82, 2.24) is 4.57 Å². The molecule has 1 heterocycles. The zero-order valence-corrected chi connectivity index (χ0v) is 11.8. The van der Waals surface area contributed by atoms with Crippen LogP contribution in [-0.4, -0.2) is 23.4 Å². The topological polar surface area (TPSA) is 25.2 Å². The number of para-hydroxylation sites is 1. The highest BCUT2D eigenvalue weighted by molar-refractivity contribution is 5.98. The number of anilines is 1. The summed E-state index contributed by atoms with van der Waals surface area (Å²) in [4.78, 5) is 14.4. The van der Waals surface area contributed by atoms with Crippen molar-refractivity contribution in [3.05, 3.63) is 53.9 Å². The number of carbonyl (C=O) groups excluding carboxylic acids is 1. The van der Waals surface area contributed by atoms with E-state index in [1.807, 2.05) is 42.1 Å². The molecule has 0 amide bonds. The number of likely N-dealkylation sites (N-methyl/N-ethyl adjacent to an activating group) is 1. The predicted molar refractivity (Wildman–Crippen MR) is 78.8 cm³/mol. The van der Waals surface area contributed by atoms with Crippen LogP contribution in [0.2, 0.25) is 0 Å². The van der Waals surface area contributed by atoms with Crippen molar-refractivity contribution in [2.75, 3.05) is 18.0 Å². The molecular formula is C16H20N2O. The van der Waals surface area contributed by atoms with Gasteiger partial charge in [-0.2, -0.15) is 0 Å². The van der Waals surface area contributed by atoms with E-state index in [-0.39, 0.29) is 5.78 Å². The van der Waals surface area contributed by atoms with E-state index in [1.54, 1.807) is 0 Å². The fraction of sp³-hybridized carbons (Fsp3) is 0.312. The lowest BCUT2D eigenvalue weighted by atomic mass is 10.1. The molecule has 0 aliphatic carbocycles. The maximum atomic E-state index is 12.3. The number of hydrogen-bond acceptors (Lipinski definition) is 2. The summed E-state index contributed by atoms with van der Waals surface area (Å²) in [5, 5.41) is 0. The molecule has 1 aromatic heterocycles. The van der Waals surface area contributed by atoms with Gasteiger partial charge in [-0.05, 0) is 37.6 Å². The van der Waals surface area contributed by atoms with Gasteiger partial charge in [-0.25, -0.2) is 0 Å². The number of ketones is 1. The second kappa shape index (κ2) is 5.74. The predicted octanol–water partition coefficient (Wildman–Crippen LogP) is 3.04. The number of hydrogen-bond donors (Lipinski definition) is 0. The molecule has 0 unspecified atom stereocenters. The Balaban J connectivity index is 2.19. The Morgan fingerprint density at radius 2 is 1.95 bits per heavy atom. The maximum absolute atomic E-state index is 12.3. The van der Waals surface area contributed by atoms with Crippen molar-refractivity contribution in [3.8, 4) is 0 Å². The van der Waals surface area contributed by atoms with Gasteiger partial charge >= 0.3 is 0 Å². The first kappa shape index (κ1) is 13.4. The van der Waals surface area contributed by atoms with Gasteiger partial charge in [0, 0.05) is 25.5 Å². The van der Waals surface area contributed by atoms with Gasteiger partial charge < -0.3 is 9.47 Å². The van der Waals surface area contributed by atoms with Crippen LogP contribution in [0.4, 0.5) is 5.69 Å². The molecular weight excluding hydrogens is 236 g/mol. The van der Waals surface area contributed by atoms with E-state index >= 15 is 0 Å². The lowest BCUT2D eigenvalue weighted by Gasteiger charge is -2.24. The Hall–Kier alpha value is -2.03. The van der Waals surface area contributed by atoms with Gasteiger partial charge in [0.25, 0.3) is 0 Å². The summed E-state index contributed by atoms with van der Waals surface area (Å²) in [6, 6.07) is 11.9.